The second-order valence-electron chi connectivity index (χ2n) is 6.45. The topological polar surface area (TPSA) is 24.9 Å². The van der Waals surface area contributed by atoms with Crippen molar-refractivity contribution in [1.29, 1.82) is 0 Å². The van der Waals surface area contributed by atoms with E-state index in [0.29, 0.717) is 0 Å². The SMILES string of the molecule is CCCNC1(c2nc(C(C)(C)C)cs2)CCCSC1. The number of thioether (sulfide) groups is 1. The zero-order valence-electron chi connectivity index (χ0n) is 12.6. The number of hydrogen-bond acceptors (Lipinski definition) is 4. The summed E-state index contributed by atoms with van der Waals surface area (Å²) in [4.78, 5) is 4.97. The lowest BCUT2D eigenvalue weighted by Crippen LogP contribution is -2.47. The molecule has 19 heavy (non-hydrogen) atoms. The highest BCUT2D eigenvalue weighted by molar-refractivity contribution is 7.99. The third kappa shape index (κ3) is 3.53. The fraction of sp³-hybridized carbons (Fsp3) is 0.800. The zero-order chi connectivity index (χ0) is 13.9. The van der Waals surface area contributed by atoms with Crippen LogP contribution in [0.25, 0.3) is 0 Å². The fourth-order valence-corrected chi connectivity index (χ4v) is 4.95. The van der Waals surface area contributed by atoms with Gasteiger partial charge >= 0.3 is 0 Å². The Morgan fingerprint density at radius 1 is 1.42 bits per heavy atom. The summed E-state index contributed by atoms with van der Waals surface area (Å²) in [7, 11) is 0. The zero-order valence-corrected chi connectivity index (χ0v) is 14.2. The van der Waals surface area contributed by atoms with Crippen LogP contribution in [-0.2, 0) is 11.0 Å². The summed E-state index contributed by atoms with van der Waals surface area (Å²) in [6, 6.07) is 0. The van der Waals surface area contributed by atoms with Gasteiger partial charge in [0.1, 0.15) is 5.01 Å². The molecule has 1 aromatic rings. The van der Waals surface area contributed by atoms with Crippen LogP contribution >= 0.6 is 23.1 Å². The van der Waals surface area contributed by atoms with E-state index in [0.717, 1.165) is 6.54 Å². The third-order valence-corrected chi connectivity index (χ3v) is 5.96. The smallest absolute Gasteiger partial charge is 0.114 e. The summed E-state index contributed by atoms with van der Waals surface area (Å²) < 4.78 is 0. The van der Waals surface area contributed by atoms with Gasteiger partial charge in [0.15, 0.2) is 0 Å². The lowest BCUT2D eigenvalue weighted by Gasteiger charge is -2.36. The molecule has 0 amide bonds. The van der Waals surface area contributed by atoms with Crippen LogP contribution in [0.1, 0.15) is 57.7 Å². The van der Waals surface area contributed by atoms with Gasteiger partial charge in [-0.1, -0.05) is 27.7 Å². The summed E-state index contributed by atoms with van der Waals surface area (Å²) in [6.07, 6.45) is 3.72. The summed E-state index contributed by atoms with van der Waals surface area (Å²) in [6.45, 7) is 10.1. The van der Waals surface area contributed by atoms with Crippen LogP contribution < -0.4 is 5.32 Å². The van der Waals surface area contributed by atoms with Crippen molar-refractivity contribution in [3.8, 4) is 0 Å². The van der Waals surface area contributed by atoms with Gasteiger partial charge in [-0.25, -0.2) is 4.98 Å². The largest absolute Gasteiger partial charge is 0.305 e. The molecule has 0 spiro atoms. The number of nitrogens with zero attached hydrogens (tertiary/aromatic N) is 1. The normalized spacial score (nSPS) is 24.6. The molecule has 0 radical (unpaired) electrons. The van der Waals surface area contributed by atoms with Crippen LogP contribution in [0, 0.1) is 0 Å². The first-order valence-corrected chi connectivity index (χ1v) is 9.31. The van der Waals surface area contributed by atoms with Gasteiger partial charge in [0.25, 0.3) is 0 Å². The second-order valence-corrected chi connectivity index (χ2v) is 8.42. The number of thiazole rings is 1. The maximum absolute atomic E-state index is 4.97. The van der Waals surface area contributed by atoms with Gasteiger partial charge in [0.2, 0.25) is 0 Å². The van der Waals surface area contributed by atoms with Gasteiger partial charge in [-0.3, -0.25) is 0 Å². The van der Waals surface area contributed by atoms with Crippen LogP contribution in [0.4, 0.5) is 0 Å². The maximum Gasteiger partial charge on any atom is 0.114 e. The third-order valence-electron chi connectivity index (χ3n) is 3.64. The van der Waals surface area contributed by atoms with E-state index in [1.165, 1.54) is 41.5 Å². The van der Waals surface area contributed by atoms with Crippen LogP contribution in [0.3, 0.4) is 0 Å². The molecule has 1 atom stereocenters. The molecule has 0 aliphatic carbocycles. The minimum absolute atomic E-state index is 0.132. The van der Waals surface area contributed by atoms with E-state index in [-0.39, 0.29) is 11.0 Å². The van der Waals surface area contributed by atoms with Crippen molar-refractivity contribution >= 4 is 23.1 Å². The van der Waals surface area contributed by atoms with E-state index in [2.05, 4.69) is 50.2 Å². The summed E-state index contributed by atoms with van der Waals surface area (Å²) >= 11 is 3.91. The minimum atomic E-state index is 0.132. The summed E-state index contributed by atoms with van der Waals surface area (Å²) in [5.74, 6) is 2.47. The molecular weight excluding hydrogens is 272 g/mol. The molecule has 2 rings (SSSR count). The number of aromatic nitrogens is 1. The van der Waals surface area contributed by atoms with E-state index in [4.69, 9.17) is 4.98 Å². The van der Waals surface area contributed by atoms with Crippen molar-refractivity contribution in [3.63, 3.8) is 0 Å². The first kappa shape index (κ1) is 15.3. The van der Waals surface area contributed by atoms with Gasteiger partial charge in [0.05, 0.1) is 11.2 Å². The monoisotopic (exact) mass is 298 g/mol. The molecule has 1 aliphatic heterocycles. The molecular formula is C15H26N2S2. The van der Waals surface area contributed by atoms with Gasteiger partial charge in [-0.05, 0) is 31.6 Å². The van der Waals surface area contributed by atoms with E-state index < -0.39 is 0 Å². The number of nitrogens with one attached hydrogen (secondary N) is 1. The Bertz CT molecular complexity index is 401. The number of hydrogen-bond donors (Lipinski definition) is 1. The van der Waals surface area contributed by atoms with Gasteiger partial charge in [-0.15, -0.1) is 11.3 Å². The molecule has 0 saturated carbocycles. The Hall–Kier alpha value is -0.0600. The predicted octanol–water partition coefficient (Wildman–Crippen LogP) is 4.16. The van der Waals surface area contributed by atoms with E-state index in [1.54, 1.807) is 0 Å². The first-order chi connectivity index (χ1) is 8.98. The average molecular weight is 299 g/mol. The van der Waals surface area contributed by atoms with Crippen molar-refractivity contribution in [2.45, 2.75) is 57.9 Å². The van der Waals surface area contributed by atoms with E-state index in [1.807, 2.05) is 11.3 Å². The molecule has 1 aliphatic rings. The maximum atomic E-state index is 4.97. The summed E-state index contributed by atoms with van der Waals surface area (Å²) in [5.41, 5.74) is 1.52. The molecule has 108 valence electrons. The molecule has 1 fully saturated rings. The standard InChI is InChI=1S/C15H26N2S2/c1-5-8-16-15(7-6-9-18-11-15)13-17-12(10-19-13)14(2,3)4/h10,16H,5-9,11H2,1-4H3. The molecule has 1 N–H and O–H groups in total. The fourth-order valence-electron chi connectivity index (χ4n) is 2.38. The first-order valence-electron chi connectivity index (χ1n) is 7.27. The Morgan fingerprint density at radius 2 is 2.21 bits per heavy atom. The van der Waals surface area contributed by atoms with Crippen LogP contribution in [0.5, 0.6) is 0 Å². The van der Waals surface area contributed by atoms with Gasteiger partial charge < -0.3 is 5.32 Å². The van der Waals surface area contributed by atoms with E-state index in [9.17, 15) is 0 Å². The van der Waals surface area contributed by atoms with Crippen molar-refractivity contribution in [1.82, 2.24) is 10.3 Å². The molecule has 1 aromatic heterocycles. The molecule has 4 heteroatoms. The van der Waals surface area contributed by atoms with Gasteiger partial charge in [-0.2, -0.15) is 11.8 Å². The van der Waals surface area contributed by atoms with Crippen molar-refractivity contribution < 1.29 is 0 Å². The Morgan fingerprint density at radius 3 is 2.74 bits per heavy atom. The molecule has 2 heterocycles. The van der Waals surface area contributed by atoms with Crippen LogP contribution in [0.15, 0.2) is 5.38 Å². The number of rotatable bonds is 4. The average Bonchev–Trinajstić information content (AvgIpc) is 2.87. The highest BCUT2D eigenvalue weighted by Crippen LogP contribution is 2.38. The highest BCUT2D eigenvalue weighted by Gasteiger charge is 2.37. The van der Waals surface area contributed by atoms with Crippen molar-refractivity contribution in [3.05, 3.63) is 16.1 Å². The Kier molecular flexibility index (Phi) is 4.96. The van der Waals surface area contributed by atoms with Gasteiger partial charge in [0, 0.05) is 16.5 Å². The minimum Gasteiger partial charge on any atom is -0.305 e. The van der Waals surface area contributed by atoms with Crippen molar-refractivity contribution in [2.75, 3.05) is 18.1 Å². The lowest BCUT2D eigenvalue weighted by molar-refractivity contribution is 0.336. The molecule has 1 saturated heterocycles. The Balaban J connectivity index is 2.25. The quantitative estimate of drug-likeness (QED) is 0.903. The summed E-state index contributed by atoms with van der Waals surface area (Å²) in [5, 5.41) is 7.35. The molecule has 1 unspecified atom stereocenters. The Labute approximate surface area is 125 Å². The van der Waals surface area contributed by atoms with Crippen LogP contribution in [-0.4, -0.2) is 23.0 Å². The predicted molar refractivity (Wildman–Crippen MR) is 87.3 cm³/mol. The molecule has 0 aromatic carbocycles. The molecule has 2 nitrogen and oxygen atoms in total. The lowest BCUT2D eigenvalue weighted by atomic mass is 9.92. The second kappa shape index (κ2) is 6.15. The highest BCUT2D eigenvalue weighted by atomic mass is 32.2. The van der Waals surface area contributed by atoms with Crippen molar-refractivity contribution in [2.24, 2.45) is 0 Å². The van der Waals surface area contributed by atoms with Crippen LogP contribution in [0.2, 0.25) is 0 Å². The van der Waals surface area contributed by atoms with E-state index >= 15 is 0 Å². The molecule has 0 bridgehead atoms.